The van der Waals surface area contributed by atoms with E-state index in [4.69, 9.17) is 9.47 Å². The Hall–Kier alpha value is -1.32. The molecular formula is C24H34O4. The Kier molecular flexibility index (Phi) is 4.23. The van der Waals surface area contributed by atoms with Gasteiger partial charge in [-0.2, -0.15) is 0 Å². The Morgan fingerprint density at radius 2 is 1.75 bits per heavy atom. The minimum atomic E-state index is -0.558. The van der Waals surface area contributed by atoms with Crippen LogP contribution in [0.4, 0.5) is 0 Å². The quantitative estimate of drug-likeness (QED) is 0.515. The summed E-state index contributed by atoms with van der Waals surface area (Å²) in [5.74, 6) is 3.70. The van der Waals surface area contributed by atoms with Crippen molar-refractivity contribution in [2.24, 2.45) is 46.8 Å². The van der Waals surface area contributed by atoms with Gasteiger partial charge in [0.2, 0.25) is 0 Å². The number of hydrogen-bond donors (Lipinski definition) is 0. The third-order valence-electron chi connectivity index (χ3n) is 9.35. The SMILES string of the molecule is C=CC(=O)OCC(=O)OC1(C2CC3CC2CC3C)C2CC3CC1CC(C)(C3)C2. The molecular weight excluding hydrogens is 352 g/mol. The van der Waals surface area contributed by atoms with Crippen molar-refractivity contribution in [3.05, 3.63) is 12.7 Å². The van der Waals surface area contributed by atoms with Gasteiger partial charge in [0, 0.05) is 23.8 Å². The molecule has 0 aromatic carbocycles. The molecule has 0 amide bonds. The molecule has 154 valence electrons. The smallest absolute Gasteiger partial charge is 0.344 e. The molecule has 0 radical (unpaired) electrons. The van der Waals surface area contributed by atoms with Gasteiger partial charge < -0.3 is 9.47 Å². The van der Waals surface area contributed by atoms with Crippen LogP contribution in [0.2, 0.25) is 0 Å². The molecule has 6 saturated carbocycles. The zero-order valence-corrected chi connectivity index (χ0v) is 17.3. The third-order valence-corrected chi connectivity index (χ3v) is 9.35. The van der Waals surface area contributed by atoms with E-state index in [-0.39, 0.29) is 18.2 Å². The molecule has 28 heavy (non-hydrogen) atoms. The van der Waals surface area contributed by atoms with Crippen molar-refractivity contribution >= 4 is 11.9 Å². The Morgan fingerprint density at radius 3 is 2.29 bits per heavy atom. The summed E-state index contributed by atoms with van der Waals surface area (Å²) in [6.07, 6.45) is 11.1. The van der Waals surface area contributed by atoms with Crippen molar-refractivity contribution in [2.45, 2.75) is 70.8 Å². The highest BCUT2D eigenvalue weighted by molar-refractivity contribution is 5.83. The fraction of sp³-hybridized carbons (Fsp3) is 0.833. The number of hydrogen-bond acceptors (Lipinski definition) is 4. The van der Waals surface area contributed by atoms with Crippen LogP contribution in [0.3, 0.4) is 0 Å². The van der Waals surface area contributed by atoms with Gasteiger partial charge in [-0.1, -0.05) is 20.4 Å². The Labute approximate surface area is 168 Å². The summed E-state index contributed by atoms with van der Waals surface area (Å²) in [6, 6.07) is 0. The van der Waals surface area contributed by atoms with E-state index in [9.17, 15) is 9.59 Å². The number of carbonyl (C=O) groups excluding carboxylic acids is 2. The zero-order chi connectivity index (χ0) is 19.7. The first-order valence-electron chi connectivity index (χ1n) is 11.3. The summed E-state index contributed by atoms with van der Waals surface area (Å²) in [5, 5.41) is 0. The highest BCUT2D eigenvalue weighted by atomic mass is 16.6. The summed E-state index contributed by atoms with van der Waals surface area (Å²) >= 11 is 0. The second-order valence-electron chi connectivity index (χ2n) is 11.1. The van der Waals surface area contributed by atoms with E-state index < -0.39 is 5.97 Å². The molecule has 0 spiro atoms. The van der Waals surface area contributed by atoms with Crippen LogP contribution in [-0.4, -0.2) is 24.1 Å². The van der Waals surface area contributed by atoms with Gasteiger partial charge in [0.05, 0.1) is 0 Å². The number of ether oxygens (including phenoxy) is 2. The standard InChI is InChI=1S/C24H34O4/c1-4-21(25)27-13-22(26)28-24(20-9-16-8-17(20)5-14(16)2)18-6-15-7-19(24)12-23(3,10-15)11-18/h4,14-20H,1,5-13H2,2-3H3. The van der Waals surface area contributed by atoms with Crippen molar-refractivity contribution in [1.82, 2.24) is 0 Å². The predicted octanol–water partition coefficient (Wildman–Crippen LogP) is 4.53. The van der Waals surface area contributed by atoms with Crippen LogP contribution < -0.4 is 0 Å². The summed E-state index contributed by atoms with van der Waals surface area (Å²) in [5.41, 5.74) is 0.125. The van der Waals surface area contributed by atoms with Gasteiger partial charge in [0.15, 0.2) is 6.61 Å². The second kappa shape index (κ2) is 6.34. The highest BCUT2D eigenvalue weighted by Gasteiger charge is 2.68. The minimum absolute atomic E-state index is 0.288. The topological polar surface area (TPSA) is 52.6 Å². The van der Waals surface area contributed by atoms with Gasteiger partial charge in [-0.15, -0.1) is 0 Å². The first-order chi connectivity index (χ1) is 13.3. The lowest BCUT2D eigenvalue weighted by atomic mass is 9.42. The number of esters is 2. The maximum Gasteiger partial charge on any atom is 0.344 e. The van der Waals surface area contributed by atoms with Gasteiger partial charge in [-0.05, 0) is 80.5 Å². The second-order valence-corrected chi connectivity index (χ2v) is 11.1. The molecule has 0 saturated heterocycles. The first-order valence-corrected chi connectivity index (χ1v) is 11.3. The summed E-state index contributed by atoms with van der Waals surface area (Å²) < 4.78 is 11.5. The number of rotatable bonds is 5. The Balaban J connectivity index is 1.44. The molecule has 6 unspecified atom stereocenters. The molecule has 0 N–H and O–H groups in total. The molecule has 6 bridgehead atoms. The Morgan fingerprint density at radius 1 is 1.04 bits per heavy atom. The van der Waals surface area contributed by atoms with Crippen LogP contribution in [0.25, 0.3) is 0 Å². The van der Waals surface area contributed by atoms with E-state index in [1.807, 2.05) is 0 Å². The van der Waals surface area contributed by atoms with Crippen LogP contribution in [0.1, 0.15) is 65.2 Å². The molecule has 6 aliphatic carbocycles. The number of fused-ring (bicyclic) bond motifs is 2. The van der Waals surface area contributed by atoms with E-state index in [1.165, 1.54) is 51.4 Å². The van der Waals surface area contributed by atoms with E-state index in [1.54, 1.807) is 0 Å². The average Bonchev–Trinajstić information content (AvgIpc) is 3.21. The lowest BCUT2D eigenvalue weighted by Crippen LogP contribution is -2.66. The van der Waals surface area contributed by atoms with E-state index in [0.717, 1.165) is 23.8 Å². The van der Waals surface area contributed by atoms with E-state index in [0.29, 0.717) is 29.1 Å². The van der Waals surface area contributed by atoms with E-state index in [2.05, 4.69) is 20.4 Å². The molecule has 6 fully saturated rings. The fourth-order valence-electron chi connectivity index (χ4n) is 8.77. The van der Waals surface area contributed by atoms with Gasteiger partial charge in [-0.3, -0.25) is 0 Å². The van der Waals surface area contributed by atoms with Crippen LogP contribution in [-0.2, 0) is 19.1 Å². The monoisotopic (exact) mass is 386 g/mol. The fourth-order valence-corrected chi connectivity index (χ4v) is 8.77. The van der Waals surface area contributed by atoms with E-state index >= 15 is 0 Å². The molecule has 0 aromatic rings. The molecule has 6 aliphatic rings. The maximum atomic E-state index is 12.8. The van der Waals surface area contributed by atoms with Crippen molar-refractivity contribution in [1.29, 1.82) is 0 Å². The van der Waals surface area contributed by atoms with Crippen LogP contribution in [0.15, 0.2) is 12.7 Å². The van der Waals surface area contributed by atoms with Gasteiger partial charge in [0.25, 0.3) is 0 Å². The molecule has 0 aromatic heterocycles. The van der Waals surface area contributed by atoms with Gasteiger partial charge in [0.1, 0.15) is 5.60 Å². The first kappa shape index (κ1) is 18.7. The van der Waals surface area contributed by atoms with Crippen LogP contribution >= 0.6 is 0 Å². The van der Waals surface area contributed by atoms with Crippen molar-refractivity contribution < 1.29 is 19.1 Å². The molecule has 0 heterocycles. The normalized spacial score (nSPS) is 50.6. The maximum absolute atomic E-state index is 12.8. The summed E-state index contributed by atoms with van der Waals surface area (Å²) in [4.78, 5) is 24.3. The average molecular weight is 387 g/mol. The van der Waals surface area contributed by atoms with Crippen molar-refractivity contribution in [3.63, 3.8) is 0 Å². The third kappa shape index (κ3) is 2.69. The van der Waals surface area contributed by atoms with Gasteiger partial charge >= 0.3 is 11.9 Å². The lowest BCUT2D eigenvalue weighted by molar-refractivity contribution is -0.250. The Bertz CT molecular complexity index is 679. The predicted molar refractivity (Wildman–Crippen MR) is 105 cm³/mol. The van der Waals surface area contributed by atoms with Crippen molar-refractivity contribution in [2.75, 3.05) is 6.61 Å². The molecule has 6 atom stereocenters. The summed E-state index contributed by atoms with van der Waals surface area (Å²) in [6.45, 7) is 7.97. The largest absolute Gasteiger partial charge is 0.456 e. The van der Waals surface area contributed by atoms with Crippen LogP contribution in [0.5, 0.6) is 0 Å². The van der Waals surface area contributed by atoms with Crippen molar-refractivity contribution in [3.8, 4) is 0 Å². The zero-order valence-electron chi connectivity index (χ0n) is 17.3. The molecule has 4 heteroatoms. The number of carbonyl (C=O) groups is 2. The molecule has 0 aliphatic heterocycles. The lowest BCUT2D eigenvalue weighted by Gasteiger charge is -2.66. The minimum Gasteiger partial charge on any atom is -0.456 e. The summed E-state index contributed by atoms with van der Waals surface area (Å²) in [7, 11) is 0. The highest BCUT2D eigenvalue weighted by Crippen LogP contribution is 2.70. The van der Waals surface area contributed by atoms with Gasteiger partial charge in [-0.25, -0.2) is 9.59 Å². The van der Waals surface area contributed by atoms with Crippen LogP contribution in [0, 0.1) is 46.8 Å². The molecule has 6 rings (SSSR count). The molecule has 4 nitrogen and oxygen atoms in total.